The number of nitroso groups, excluding NO2 is 1. The fraction of sp³-hybridized carbons (Fsp3) is 0.857. The van der Waals surface area contributed by atoms with E-state index in [9.17, 15) is 9.70 Å². The summed E-state index contributed by atoms with van der Waals surface area (Å²) in [7, 11) is 0. The Bertz CT molecular complexity index is 187. The minimum Gasteiger partial charge on any atom is -0.352 e. The number of rotatable bonds is 2. The van der Waals surface area contributed by atoms with Gasteiger partial charge in [0, 0.05) is 0 Å². The summed E-state index contributed by atoms with van der Waals surface area (Å²) in [5.41, 5.74) is 4.02. The first kappa shape index (κ1) is 8.96. The van der Waals surface area contributed by atoms with Crippen LogP contribution in [0.15, 0.2) is 5.18 Å². The molecule has 5 nitrogen and oxygen atoms in total. The van der Waals surface area contributed by atoms with E-state index in [0.29, 0.717) is 12.8 Å². The lowest BCUT2D eigenvalue weighted by atomic mass is 9.90. The standard InChI is InChI=1S/C7H13N3O2/c8-6(11)9-7(10-12)4-2-1-3-5-7/h1-5H2,(H3,8,9,11). The number of amides is 2. The van der Waals surface area contributed by atoms with Crippen molar-refractivity contribution >= 4 is 6.03 Å². The highest BCUT2D eigenvalue weighted by molar-refractivity contribution is 5.72. The third-order valence-electron chi connectivity index (χ3n) is 2.21. The van der Waals surface area contributed by atoms with Crippen LogP contribution >= 0.6 is 0 Å². The largest absolute Gasteiger partial charge is 0.352 e. The smallest absolute Gasteiger partial charge is 0.314 e. The van der Waals surface area contributed by atoms with Gasteiger partial charge in [0.2, 0.25) is 0 Å². The van der Waals surface area contributed by atoms with Gasteiger partial charge in [0.05, 0.1) is 0 Å². The van der Waals surface area contributed by atoms with E-state index >= 15 is 0 Å². The van der Waals surface area contributed by atoms with E-state index < -0.39 is 11.7 Å². The number of primary amides is 1. The molecular formula is C7H13N3O2. The van der Waals surface area contributed by atoms with Crippen LogP contribution in [0.3, 0.4) is 0 Å². The van der Waals surface area contributed by atoms with Crippen molar-refractivity contribution in [3.63, 3.8) is 0 Å². The second-order valence-electron chi connectivity index (χ2n) is 3.17. The van der Waals surface area contributed by atoms with Crippen LogP contribution in [0.2, 0.25) is 0 Å². The molecule has 12 heavy (non-hydrogen) atoms. The van der Waals surface area contributed by atoms with Crippen molar-refractivity contribution in [2.75, 3.05) is 0 Å². The highest BCUT2D eigenvalue weighted by Gasteiger charge is 2.34. The van der Waals surface area contributed by atoms with Crippen molar-refractivity contribution in [1.29, 1.82) is 0 Å². The van der Waals surface area contributed by atoms with Gasteiger partial charge < -0.3 is 11.1 Å². The Morgan fingerprint density at radius 3 is 2.33 bits per heavy atom. The van der Waals surface area contributed by atoms with Gasteiger partial charge in [0.1, 0.15) is 0 Å². The lowest BCUT2D eigenvalue weighted by molar-refractivity contribution is 0.213. The lowest BCUT2D eigenvalue weighted by Gasteiger charge is -2.30. The van der Waals surface area contributed by atoms with E-state index in [0.717, 1.165) is 19.3 Å². The summed E-state index contributed by atoms with van der Waals surface area (Å²) < 4.78 is 0. The van der Waals surface area contributed by atoms with Gasteiger partial charge in [-0.05, 0) is 30.9 Å². The number of nitrogens with zero attached hydrogens (tertiary/aromatic N) is 1. The molecule has 1 saturated carbocycles. The summed E-state index contributed by atoms with van der Waals surface area (Å²) in [5, 5.41) is 5.36. The minimum absolute atomic E-state index is 0.611. The number of urea groups is 1. The van der Waals surface area contributed by atoms with E-state index in [1.54, 1.807) is 0 Å². The average Bonchev–Trinajstić information content (AvgIpc) is 2.05. The molecule has 0 aromatic carbocycles. The molecule has 1 aliphatic rings. The summed E-state index contributed by atoms with van der Waals surface area (Å²) in [4.78, 5) is 21.0. The average molecular weight is 171 g/mol. The predicted octanol–water partition coefficient (Wildman–Crippen LogP) is 1.08. The summed E-state index contributed by atoms with van der Waals surface area (Å²) >= 11 is 0. The highest BCUT2D eigenvalue weighted by atomic mass is 16.3. The van der Waals surface area contributed by atoms with Crippen LogP contribution in [-0.2, 0) is 0 Å². The summed E-state index contributed by atoms with van der Waals surface area (Å²) in [6.07, 6.45) is 4.16. The Morgan fingerprint density at radius 2 is 1.92 bits per heavy atom. The van der Waals surface area contributed by atoms with Crippen molar-refractivity contribution in [1.82, 2.24) is 5.32 Å². The Kier molecular flexibility index (Phi) is 2.62. The number of nitrogens with two attached hydrogens (primary N) is 1. The molecular weight excluding hydrogens is 158 g/mol. The molecule has 68 valence electrons. The van der Waals surface area contributed by atoms with Crippen molar-refractivity contribution in [2.45, 2.75) is 37.8 Å². The fourth-order valence-corrected chi connectivity index (χ4v) is 1.61. The van der Waals surface area contributed by atoms with Crippen LogP contribution < -0.4 is 11.1 Å². The quantitative estimate of drug-likeness (QED) is 0.609. The Labute approximate surface area is 70.7 Å². The van der Waals surface area contributed by atoms with Crippen LogP contribution in [0.1, 0.15) is 32.1 Å². The molecule has 0 atom stereocenters. The van der Waals surface area contributed by atoms with Crippen molar-refractivity contribution in [3.8, 4) is 0 Å². The van der Waals surface area contributed by atoms with Gasteiger partial charge in [-0.15, -0.1) is 4.91 Å². The summed E-state index contributed by atoms with van der Waals surface area (Å²) in [6.45, 7) is 0. The fourth-order valence-electron chi connectivity index (χ4n) is 1.61. The van der Waals surface area contributed by atoms with Crippen LogP contribution in [0.25, 0.3) is 0 Å². The van der Waals surface area contributed by atoms with Gasteiger partial charge in [-0.2, -0.15) is 0 Å². The van der Waals surface area contributed by atoms with E-state index in [1.165, 1.54) is 0 Å². The number of carbonyl (C=O) groups excluding carboxylic acids is 1. The van der Waals surface area contributed by atoms with E-state index in [-0.39, 0.29) is 0 Å². The van der Waals surface area contributed by atoms with Crippen LogP contribution in [0.5, 0.6) is 0 Å². The molecule has 0 aromatic heterocycles. The normalized spacial score (nSPS) is 21.3. The van der Waals surface area contributed by atoms with Gasteiger partial charge in [-0.3, -0.25) is 0 Å². The van der Waals surface area contributed by atoms with E-state index in [4.69, 9.17) is 5.73 Å². The first-order chi connectivity index (χ1) is 5.68. The molecule has 0 bridgehead atoms. The molecule has 1 aliphatic carbocycles. The molecule has 2 amide bonds. The maximum Gasteiger partial charge on any atom is 0.314 e. The number of hydrogen-bond acceptors (Lipinski definition) is 3. The molecule has 0 saturated heterocycles. The van der Waals surface area contributed by atoms with Crippen LogP contribution in [0.4, 0.5) is 4.79 Å². The Hall–Kier alpha value is -1.13. The summed E-state index contributed by atoms with van der Waals surface area (Å²) in [6, 6.07) is -0.670. The molecule has 1 rings (SSSR count). The second-order valence-corrected chi connectivity index (χ2v) is 3.17. The molecule has 0 unspecified atom stereocenters. The van der Waals surface area contributed by atoms with Gasteiger partial charge in [-0.25, -0.2) is 4.79 Å². The van der Waals surface area contributed by atoms with Gasteiger partial charge >= 0.3 is 6.03 Å². The van der Waals surface area contributed by atoms with Crippen LogP contribution in [-0.4, -0.2) is 11.7 Å². The second kappa shape index (κ2) is 3.51. The number of carbonyl (C=O) groups is 1. The molecule has 3 N–H and O–H groups in total. The van der Waals surface area contributed by atoms with Gasteiger partial charge in [0.15, 0.2) is 5.66 Å². The molecule has 0 heterocycles. The molecule has 0 radical (unpaired) electrons. The number of nitrogens with one attached hydrogen (secondary N) is 1. The zero-order chi connectivity index (χ0) is 9.03. The zero-order valence-corrected chi connectivity index (χ0v) is 6.88. The molecule has 1 fully saturated rings. The molecule has 5 heteroatoms. The first-order valence-corrected chi connectivity index (χ1v) is 4.11. The Morgan fingerprint density at radius 1 is 1.33 bits per heavy atom. The van der Waals surface area contributed by atoms with Gasteiger partial charge in [-0.1, -0.05) is 6.42 Å². The molecule has 0 aromatic rings. The predicted molar refractivity (Wildman–Crippen MR) is 44.3 cm³/mol. The van der Waals surface area contributed by atoms with E-state index in [2.05, 4.69) is 10.5 Å². The SMILES string of the molecule is NC(=O)NC1(N=O)CCCCC1. The van der Waals surface area contributed by atoms with Crippen molar-refractivity contribution < 1.29 is 4.79 Å². The monoisotopic (exact) mass is 171 g/mol. The van der Waals surface area contributed by atoms with E-state index in [1.807, 2.05) is 0 Å². The molecule has 0 aliphatic heterocycles. The third-order valence-corrected chi connectivity index (χ3v) is 2.21. The highest BCUT2D eigenvalue weighted by Crippen LogP contribution is 2.28. The minimum atomic E-state index is -0.913. The summed E-state index contributed by atoms with van der Waals surface area (Å²) in [5.74, 6) is 0. The third kappa shape index (κ3) is 1.93. The topological polar surface area (TPSA) is 84.6 Å². The van der Waals surface area contributed by atoms with Crippen molar-refractivity contribution in [2.24, 2.45) is 10.9 Å². The lowest BCUT2D eigenvalue weighted by Crippen LogP contribution is -2.50. The van der Waals surface area contributed by atoms with Gasteiger partial charge in [0.25, 0.3) is 0 Å². The zero-order valence-electron chi connectivity index (χ0n) is 6.88. The van der Waals surface area contributed by atoms with Crippen molar-refractivity contribution in [3.05, 3.63) is 4.91 Å². The maximum atomic E-state index is 10.5. The van der Waals surface area contributed by atoms with Crippen LogP contribution in [0, 0.1) is 4.91 Å². The number of hydrogen-bond donors (Lipinski definition) is 2. The first-order valence-electron chi connectivity index (χ1n) is 4.11. The Balaban J connectivity index is 2.59. The molecule has 0 spiro atoms. The maximum absolute atomic E-state index is 10.5.